The molecule has 0 aliphatic carbocycles. The van der Waals surface area contributed by atoms with E-state index in [4.69, 9.17) is 0 Å². The topological polar surface area (TPSA) is 76.9 Å². The van der Waals surface area contributed by atoms with Crippen LogP contribution >= 0.6 is 11.3 Å². The van der Waals surface area contributed by atoms with Crippen molar-refractivity contribution < 1.29 is 4.79 Å². The summed E-state index contributed by atoms with van der Waals surface area (Å²) in [5.41, 5.74) is 0.343. The zero-order valence-electron chi connectivity index (χ0n) is 11.5. The molecule has 0 saturated heterocycles. The Morgan fingerprint density at radius 1 is 1.23 bits per heavy atom. The van der Waals surface area contributed by atoms with Crippen LogP contribution in [0.1, 0.15) is 0 Å². The fourth-order valence-electron chi connectivity index (χ4n) is 1.88. The van der Waals surface area contributed by atoms with Gasteiger partial charge in [-0.25, -0.2) is 9.97 Å². The van der Waals surface area contributed by atoms with Gasteiger partial charge in [0.1, 0.15) is 12.4 Å². The molecule has 1 amide bonds. The van der Waals surface area contributed by atoms with Crippen LogP contribution in [-0.2, 0) is 11.3 Å². The van der Waals surface area contributed by atoms with Crippen LogP contribution in [0.5, 0.6) is 0 Å². The number of thiophene rings is 1. The molecule has 0 aliphatic heterocycles. The molecule has 3 heterocycles. The molecule has 0 spiro atoms. The van der Waals surface area contributed by atoms with E-state index in [1.54, 1.807) is 24.4 Å². The Bertz CT molecular complexity index is 828. The van der Waals surface area contributed by atoms with Crippen molar-refractivity contribution in [3.63, 3.8) is 0 Å². The summed E-state index contributed by atoms with van der Waals surface area (Å²) in [5.74, 6) is 0.121. The number of anilines is 1. The number of pyridine rings is 1. The first-order chi connectivity index (χ1) is 10.7. The number of carbonyl (C=O) groups excluding carboxylic acids is 1. The summed E-state index contributed by atoms with van der Waals surface area (Å²) in [7, 11) is 0. The van der Waals surface area contributed by atoms with Crippen LogP contribution in [0.25, 0.3) is 10.6 Å². The highest BCUT2D eigenvalue weighted by Gasteiger charge is 2.08. The van der Waals surface area contributed by atoms with Gasteiger partial charge in [0, 0.05) is 12.3 Å². The highest BCUT2D eigenvalue weighted by Crippen LogP contribution is 2.20. The molecule has 0 atom stereocenters. The molecule has 0 unspecified atom stereocenters. The third-order valence-corrected chi connectivity index (χ3v) is 3.79. The lowest BCUT2D eigenvalue weighted by Crippen LogP contribution is -2.27. The molecule has 7 heteroatoms. The van der Waals surface area contributed by atoms with E-state index in [0.29, 0.717) is 11.5 Å². The monoisotopic (exact) mass is 312 g/mol. The van der Waals surface area contributed by atoms with Gasteiger partial charge in [-0.15, -0.1) is 11.3 Å². The van der Waals surface area contributed by atoms with E-state index in [-0.39, 0.29) is 18.0 Å². The van der Waals surface area contributed by atoms with Crippen LogP contribution in [0, 0.1) is 0 Å². The molecule has 0 aromatic carbocycles. The van der Waals surface area contributed by atoms with E-state index < -0.39 is 0 Å². The number of hydrogen-bond donors (Lipinski definition) is 1. The number of nitrogens with zero attached hydrogens (tertiary/aromatic N) is 3. The Balaban J connectivity index is 1.73. The van der Waals surface area contributed by atoms with Crippen LogP contribution < -0.4 is 10.9 Å². The van der Waals surface area contributed by atoms with Gasteiger partial charge in [0.05, 0.1) is 16.9 Å². The third-order valence-electron chi connectivity index (χ3n) is 2.90. The summed E-state index contributed by atoms with van der Waals surface area (Å²) in [6, 6.07) is 10.4. The minimum absolute atomic E-state index is 0.104. The van der Waals surface area contributed by atoms with Gasteiger partial charge in [0.25, 0.3) is 5.56 Å². The number of amides is 1. The Labute approximate surface area is 130 Å². The largest absolute Gasteiger partial charge is 0.309 e. The summed E-state index contributed by atoms with van der Waals surface area (Å²) >= 11 is 1.51. The van der Waals surface area contributed by atoms with Crippen molar-refractivity contribution in [1.82, 2.24) is 14.5 Å². The molecule has 3 aromatic rings. The van der Waals surface area contributed by atoms with Gasteiger partial charge in [-0.1, -0.05) is 12.1 Å². The maximum Gasteiger partial charge on any atom is 0.254 e. The molecule has 0 aliphatic rings. The molecule has 0 bridgehead atoms. The second-order valence-electron chi connectivity index (χ2n) is 4.48. The van der Waals surface area contributed by atoms with Crippen molar-refractivity contribution >= 4 is 23.1 Å². The van der Waals surface area contributed by atoms with Crippen molar-refractivity contribution in [3.05, 3.63) is 64.7 Å². The Hall–Kier alpha value is -2.80. The molecule has 1 N–H and O–H groups in total. The molecule has 3 aromatic heterocycles. The fraction of sp³-hybridized carbons (Fsp3) is 0.0667. The van der Waals surface area contributed by atoms with Crippen LogP contribution in [0.2, 0.25) is 0 Å². The maximum atomic E-state index is 12.1. The highest BCUT2D eigenvalue weighted by atomic mass is 32.1. The second kappa shape index (κ2) is 6.31. The summed E-state index contributed by atoms with van der Waals surface area (Å²) in [4.78, 5) is 33.1. The Kier molecular flexibility index (Phi) is 4.06. The molecule has 110 valence electrons. The van der Waals surface area contributed by atoms with Crippen molar-refractivity contribution in [1.29, 1.82) is 0 Å². The lowest BCUT2D eigenvalue weighted by molar-refractivity contribution is -0.116. The molecule has 6 nitrogen and oxygen atoms in total. The first-order valence-corrected chi connectivity index (χ1v) is 7.41. The zero-order chi connectivity index (χ0) is 15.4. The van der Waals surface area contributed by atoms with Crippen LogP contribution in [0.3, 0.4) is 0 Å². The zero-order valence-corrected chi connectivity index (χ0v) is 12.3. The Morgan fingerprint density at radius 3 is 2.82 bits per heavy atom. The minimum Gasteiger partial charge on any atom is -0.309 e. The maximum absolute atomic E-state index is 12.1. The average molecular weight is 312 g/mol. The molecule has 0 fully saturated rings. The normalized spacial score (nSPS) is 10.4. The first-order valence-electron chi connectivity index (χ1n) is 6.53. The van der Waals surface area contributed by atoms with Gasteiger partial charge in [-0.3, -0.25) is 14.2 Å². The van der Waals surface area contributed by atoms with Crippen molar-refractivity contribution in [2.75, 3.05) is 5.32 Å². The van der Waals surface area contributed by atoms with Gasteiger partial charge in [-0.2, -0.15) is 0 Å². The SMILES string of the molecule is O=C(Cn1cnc(-c2cccs2)cc1=O)Nc1ccccn1. The number of nitrogens with one attached hydrogen (secondary N) is 1. The quantitative estimate of drug-likeness (QED) is 0.799. The number of aromatic nitrogens is 3. The number of hydrogen-bond acceptors (Lipinski definition) is 5. The van der Waals surface area contributed by atoms with Crippen molar-refractivity contribution in [2.24, 2.45) is 0 Å². The lowest BCUT2D eigenvalue weighted by atomic mass is 10.3. The van der Waals surface area contributed by atoms with E-state index in [9.17, 15) is 9.59 Å². The molecular weight excluding hydrogens is 300 g/mol. The highest BCUT2D eigenvalue weighted by molar-refractivity contribution is 7.13. The minimum atomic E-state index is -0.327. The van der Waals surface area contributed by atoms with Gasteiger partial charge in [0.15, 0.2) is 0 Å². The predicted octanol–water partition coefficient (Wildman–Crippen LogP) is 2.01. The number of rotatable bonds is 4. The molecule has 3 rings (SSSR count). The molecular formula is C15H12N4O2S. The van der Waals surface area contributed by atoms with Crippen molar-refractivity contribution in [3.8, 4) is 10.6 Å². The van der Waals surface area contributed by atoms with Crippen LogP contribution in [-0.4, -0.2) is 20.4 Å². The van der Waals surface area contributed by atoms with Gasteiger partial charge in [0.2, 0.25) is 5.91 Å². The molecule has 0 saturated carbocycles. The second-order valence-corrected chi connectivity index (χ2v) is 5.43. The predicted molar refractivity (Wildman–Crippen MR) is 84.7 cm³/mol. The van der Waals surface area contributed by atoms with Gasteiger partial charge in [-0.05, 0) is 23.6 Å². The van der Waals surface area contributed by atoms with E-state index >= 15 is 0 Å². The lowest BCUT2D eigenvalue weighted by Gasteiger charge is -2.06. The summed E-state index contributed by atoms with van der Waals surface area (Å²) in [5, 5.41) is 4.54. The van der Waals surface area contributed by atoms with Crippen LogP contribution in [0.4, 0.5) is 5.82 Å². The first kappa shape index (κ1) is 14.2. The van der Waals surface area contributed by atoms with E-state index in [1.165, 1.54) is 28.3 Å². The van der Waals surface area contributed by atoms with E-state index in [1.807, 2.05) is 17.5 Å². The summed E-state index contributed by atoms with van der Waals surface area (Å²) in [6.07, 6.45) is 2.97. The summed E-state index contributed by atoms with van der Waals surface area (Å²) < 4.78 is 1.26. The number of carbonyl (C=O) groups is 1. The average Bonchev–Trinajstić information content (AvgIpc) is 3.04. The smallest absolute Gasteiger partial charge is 0.254 e. The van der Waals surface area contributed by atoms with Gasteiger partial charge < -0.3 is 5.32 Å². The Morgan fingerprint density at radius 2 is 2.14 bits per heavy atom. The van der Waals surface area contributed by atoms with Gasteiger partial charge >= 0.3 is 0 Å². The van der Waals surface area contributed by atoms with Crippen LogP contribution in [0.15, 0.2) is 59.1 Å². The van der Waals surface area contributed by atoms with Crippen molar-refractivity contribution in [2.45, 2.75) is 6.54 Å². The van der Waals surface area contributed by atoms with E-state index in [0.717, 1.165) is 4.88 Å². The molecule has 0 radical (unpaired) electrons. The third kappa shape index (κ3) is 3.26. The molecule has 22 heavy (non-hydrogen) atoms. The summed E-state index contributed by atoms with van der Waals surface area (Å²) in [6.45, 7) is -0.104. The van der Waals surface area contributed by atoms with E-state index in [2.05, 4.69) is 15.3 Å². The standard InChI is InChI=1S/C15H12N4O2S/c20-14(18-13-5-1-2-6-16-13)9-19-10-17-11(8-15(19)21)12-4-3-7-22-12/h1-8,10H,9H2,(H,16,18,20). The fourth-order valence-corrected chi connectivity index (χ4v) is 2.57.